The molecule has 2 nitrogen and oxygen atoms in total. The van der Waals surface area contributed by atoms with Gasteiger partial charge in [0.25, 0.3) is 0 Å². The summed E-state index contributed by atoms with van der Waals surface area (Å²) < 4.78 is 0. The van der Waals surface area contributed by atoms with E-state index in [0.717, 1.165) is 12.5 Å². The Bertz CT molecular complexity index is 387. The topological polar surface area (TPSA) is 27.0 Å². The Hall–Kier alpha value is -1.33. The van der Waals surface area contributed by atoms with Gasteiger partial charge in [-0.25, -0.2) is 0 Å². The molecular formula is C16H22N2. The van der Waals surface area contributed by atoms with Gasteiger partial charge in [-0.1, -0.05) is 43.2 Å². The predicted molar refractivity (Wildman–Crippen MR) is 74.0 cm³/mol. The lowest BCUT2D eigenvalue weighted by Gasteiger charge is -2.29. The number of hydrogen-bond donors (Lipinski definition) is 0. The van der Waals surface area contributed by atoms with E-state index in [9.17, 15) is 0 Å². The molecule has 0 N–H and O–H groups in total. The van der Waals surface area contributed by atoms with E-state index in [0.29, 0.717) is 6.42 Å². The van der Waals surface area contributed by atoms with Crippen molar-refractivity contribution in [3.8, 4) is 6.07 Å². The summed E-state index contributed by atoms with van der Waals surface area (Å²) in [4.78, 5) is 2.37. The van der Waals surface area contributed by atoms with Crippen LogP contribution in [-0.4, -0.2) is 18.5 Å². The Labute approximate surface area is 110 Å². The molecule has 0 aliphatic heterocycles. The summed E-state index contributed by atoms with van der Waals surface area (Å²) in [7, 11) is 2.16. The third kappa shape index (κ3) is 3.34. The van der Waals surface area contributed by atoms with E-state index < -0.39 is 0 Å². The van der Waals surface area contributed by atoms with Crippen molar-refractivity contribution in [2.75, 3.05) is 13.6 Å². The molecule has 2 rings (SSSR count). The molecule has 96 valence electrons. The minimum Gasteiger partial charge on any atom is -0.298 e. The smallest absolute Gasteiger partial charge is 0.0641 e. The van der Waals surface area contributed by atoms with E-state index in [1.165, 1.54) is 31.2 Å². The van der Waals surface area contributed by atoms with Gasteiger partial charge in [-0.15, -0.1) is 0 Å². The Balaban J connectivity index is 2.02. The van der Waals surface area contributed by atoms with Crippen molar-refractivity contribution < 1.29 is 0 Å². The van der Waals surface area contributed by atoms with Crippen LogP contribution in [0.4, 0.5) is 0 Å². The summed E-state index contributed by atoms with van der Waals surface area (Å²) in [5.41, 5.74) is 1.26. The molecule has 0 aromatic heterocycles. The fourth-order valence-corrected chi connectivity index (χ4v) is 3.02. The van der Waals surface area contributed by atoms with Crippen molar-refractivity contribution >= 4 is 0 Å². The van der Waals surface area contributed by atoms with Gasteiger partial charge in [0.05, 0.1) is 12.5 Å². The van der Waals surface area contributed by atoms with Gasteiger partial charge in [0.15, 0.2) is 0 Å². The van der Waals surface area contributed by atoms with Crippen LogP contribution >= 0.6 is 0 Å². The van der Waals surface area contributed by atoms with E-state index in [2.05, 4.69) is 42.3 Å². The summed E-state index contributed by atoms with van der Waals surface area (Å²) >= 11 is 0. The zero-order valence-corrected chi connectivity index (χ0v) is 11.2. The van der Waals surface area contributed by atoms with Crippen molar-refractivity contribution in [2.24, 2.45) is 5.92 Å². The molecule has 0 heterocycles. The molecule has 1 aromatic rings. The number of nitriles is 1. The van der Waals surface area contributed by atoms with Crippen LogP contribution in [0.15, 0.2) is 30.3 Å². The highest BCUT2D eigenvalue weighted by Gasteiger charge is 2.22. The normalized spacial score (nSPS) is 17.8. The van der Waals surface area contributed by atoms with E-state index in [-0.39, 0.29) is 6.04 Å². The van der Waals surface area contributed by atoms with Gasteiger partial charge in [0.2, 0.25) is 0 Å². The maximum absolute atomic E-state index is 9.03. The van der Waals surface area contributed by atoms with Crippen molar-refractivity contribution in [3.05, 3.63) is 35.9 Å². The lowest BCUT2D eigenvalue weighted by Crippen LogP contribution is -2.29. The lowest BCUT2D eigenvalue weighted by molar-refractivity contribution is 0.210. The monoisotopic (exact) mass is 242 g/mol. The van der Waals surface area contributed by atoms with Crippen molar-refractivity contribution in [1.29, 1.82) is 5.26 Å². The van der Waals surface area contributed by atoms with Crippen LogP contribution in [0, 0.1) is 17.2 Å². The molecular weight excluding hydrogens is 220 g/mol. The molecule has 0 amide bonds. The number of nitrogens with zero attached hydrogens (tertiary/aromatic N) is 2. The first kappa shape index (κ1) is 13.1. The van der Waals surface area contributed by atoms with Gasteiger partial charge in [0.1, 0.15) is 0 Å². The number of hydrogen-bond acceptors (Lipinski definition) is 2. The molecule has 0 saturated heterocycles. The summed E-state index contributed by atoms with van der Waals surface area (Å²) in [5.74, 6) is 0.833. The van der Waals surface area contributed by atoms with Crippen LogP contribution in [0.1, 0.15) is 43.7 Å². The molecule has 2 heteroatoms. The molecule has 0 spiro atoms. The molecule has 1 unspecified atom stereocenters. The molecule has 1 aliphatic carbocycles. The van der Waals surface area contributed by atoms with Crippen LogP contribution in [-0.2, 0) is 0 Å². The standard InChI is InChI=1S/C16H22N2/c1-18(13-14-7-5-6-8-14)16(11-12-17)15-9-3-2-4-10-15/h2-4,9-10,14,16H,5-8,11,13H2,1H3. The first-order valence-corrected chi connectivity index (χ1v) is 6.93. The maximum Gasteiger partial charge on any atom is 0.0641 e. The van der Waals surface area contributed by atoms with Crippen LogP contribution in [0.3, 0.4) is 0 Å². The highest BCUT2D eigenvalue weighted by Crippen LogP contribution is 2.29. The molecule has 1 fully saturated rings. The minimum absolute atomic E-state index is 0.247. The van der Waals surface area contributed by atoms with Gasteiger partial charge in [-0.2, -0.15) is 5.26 Å². The Kier molecular flexibility index (Phi) is 4.78. The summed E-state index contributed by atoms with van der Waals surface area (Å²) in [6.07, 6.45) is 6.06. The zero-order chi connectivity index (χ0) is 12.8. The average molecular weight is 242 g/mol. The molecule has 1 aliphatic rings. The molecule has 0 bridgehead atoms. The first-order chi connectivity index (χ1) is 8.81. The molecule has 1 saturated carbocycles. The second kappa shape index (κ2) is 6.56. The van der Waals surface area contributed by atoms with Gasteiger partial charge in [-0.3, -0.25) is 4.90 Å². The Morgan fingerprint density at radius 3 is 2.56 bits per heavy atom. The predicted octanol–water partition coefficient (Wildman–Crippen LogP) is 3.76. The zero-order valence-electron chi connectivity index (χ0n) is 11.2. The SMILES string of the molecule is CN(CC1CCCC1)C(CC#N)c1ccccc1. The van der Waals surface area contributed by atoms with Gasteiger partial charge >= 0.3 is 0 Å². The molecule has 0 radical (unpaired) electrons. The first-order valence-electron chi connectivity index (χ1n) is 6.93. The van der Waals surface area contributed by atoms with Crippen molar-refractivity contribution in [3.63, 3.8) is 0 Å². The third-order valence-electron chi connectivity index (χ3n) is 4.02. The lowest BCUT2D eigenvalue weighted by atomic mass is 10.0. The minimum atomic E-state index is 0.247. The third-order valence-corrected chi connectivity index (χ3v) is 4.02. The van der Waals surface area contributed by atoms with E-state index >= 15 is 0 Å². The summed E-state index contributed by atoms with van der Waals surface area (Å²) in [6, 6.07) is 13.0. The molecule has 1 aromatic carbocycles. The van der Waals surface area contributed by atoms with Gasteiger partial charge in [0, 0.05) is 12.6 Å². The Morgan fingerprint density at radius 1 is 1.28 bits per heavy atom. The van der Waals surface area contributed by atoms with Crippen molar-refractivity contribution in [1.82, 2.24) is 4.90 Å². The number of benzene rings is 1. The van der Waals surface area contributed by atoms with Crippen LogP contribution in [0.25, 0.3) is 0 Å². The number of rotatable bonds is 5. The van der Waals surface area contributed by atoms with Gasteiger partial charge < -0.3 is 0 Å². The fraction of sp³-hybridized carbons (Fsp3) is 0.562. The van der Waals surface area contributed by atoms with Gasteiger partial charge in [-0.05, 0) is 31.4 Å². The van der Waals surface area contributed by atoms with Crippen LogP contribution in [0.5, 0.6) is 0 Å². The van der Waals surface area contributed by atoms with E-state index in [1.807, 2.05) is 6.07 Å². The van der Waals surface area contributed by atoms with Crippen LogP contribution < -0.4 is 0 Å². The largest absolute Gasteiger partial charge is 0.298 e. The van der Waals surface area contributed by atoms with E-state index in [4.69, 9.17) is 5.26 Å². The van der Waals surface area contributed by atoms with E-state index in [1.54, 1.807) is 0 Å². The fourth-order valence-electron chi connectivity index (χ4n) is 3.02. The highest BCUT2D eigenvalue weighted by atomic mass is 15.1. The summed E-state index contributed by atoms with van der Waals surface area (Å²) in [5, 5.41) is 9.03. The Morgan fingerprint density at radius 2 is 1.94 bits per heavy atom. The summed E-state index contributed by atoms with van der Waals surface area (Å²) in [6.45, 7) is 1.13. The second-order valence-corrected chi connectivity index (χ2v) is 5.38. The average Bonchev–Trinajstić information content (AvgIpc) is 2.89. The van der Waals surface area contributed by atoms with Crippen LogP contribution in [0.2, 0.25) is 0 Å². The second-order valence-electron chi connectivity index (χ2n) is 5.38. The highest BCUT2D eigenvalue weighted by molar-refractivity contribution is 5.20. The maximum atomic E-state index is 9.03. The quantitative estimate of drug-likeness (QED) is 0.786. The van der Waals surface area contributed by atoms with Crippen molar-refractivity contribution in [2.45, 2.75) is 38.1 Å². The molecule has 18 heavy (non-hydrogen) atoms. The molecule has 1 atom stereocenters.